The minimum absolute atomic E-state index is 0.0871. The van der Waals surface area contributed by atoms with Crippen LogP contribution in [0.4, 0.5) is 5.13 Å². The topological polar surface area (TPSA) is 80.3 Å². The summed E-state index contributed by atoms with van der Waals surface area (Å²) in [5, 5.41) is 2.41. The van der Waals surface area contributed by atoms with Crippen LogP contribution in [-0.2, 0) is 15.1 Å². The summed E-state index contributed by atoms with van der Waals surface area (Å²) < 4.78 is 5.65. The number of amides is 1. The Labute approximate surface area is 156 Å². The molecule has 7 heteroatoms. The Hall–Kier alpha value is -2.41. The minimum atomic E-state index is -0.712. The van der Waals surface area contributed by atoms with Gasteiger partial charge in [-0.05, 0) is 31.4 Å². The van der Waals surface area contributed by atoms with Crippen molar-refractivity contribution in [2.45, 2.75) is 39.2 Å². The molecule has 1 fully saturated rings. The molecule has 2 heterocycles. The van der Waals surface area contributed by atoms with E-state index in [-0.39, 0.29) is 17.8 Å². The van der Waals surface area contributed by atoms with Crippen molar-refractivity contribution in [1.82, 2.24) is 10.4 Å². The molecule has 3 rings (SSSR count). The number of hydrogen-bond donors (Lipinski definition) is 2. The lowest BCUT2D eigenvalue weighted by Gasteiger charge is -2.20. The second kappa shape index (κ2) is 7.45. The van der Waals surface area contributed by atoms with Gasteiger partial charge in [0.2, 0.25) is 5.13 Å². The number of rotatable bonds is 6. The van der Waals surface area contributed by atoms with Gasteiger partial charge in [-0.3, -0.25) is 20.4 Å². The molecule has 1 aromatic carbocycles. The first kappa shape index (κ1) is 18.4. The van der Waals surface area contributed by atoms with Crippen LogP contribution in [0.2, 0.25) is 0 Å². The minimum Gasteiger partial charge on any atom is -0.453 e. The van der Waals surface area contributed by atoms with E-state index in [4.69, 9.17) is 4.74 Å². The van der Waals surface area contributed by atoms with Gasteiger partial charge in [-0.1, -0.05) is 32.0 Å². The summed E-state index contributed by atoms with van der Waals surface area (Å²) in [6.07, 6.45) is 1.44. The Balaban J connectivity index is 1.63. The van der Waals surface area contributed by atoms with Crippen molar-refractivity contribution in [3.8, 4) is 0 Å². The molecule has 2 unspecified atom stereocenters. The summed E-state index contributed by atoms with van der Waals surface area (Å²) >= 11 is 1.36. The number of anilines is 1. The van der Waals surface area contributed by atoms with Crippen LogP contribution < -0.4 is 10.9 Å². The van der Waals surface area contributed by atoms with Gasteiger partial charge in [0.15, 0.2) is 5.60 Å². The molecule has 0 saturated carbocycles. The number of esters is 1. The van der Waals surface area contributed by atoms with Gasteiger partial charge in [0, 0.05) is 17.4 Å². The Morgan fingerprint density at radius 1 is 1.38 bits per heavy atom. The first-order valence-corrected chi connectivity index (χ1v) is 9.55. The van der Waals surface area contributed by atoms with E-state index in [1.807, 2.05) is 18.4 Å². The number of nitrogens with one attached hydrogen (secondary N) is 2. The molecule has 1 saturated heterocycles. The van der Waals surface area contributed by atoms with Crippen LogP contribution in [0.15, 0.2) is 35.7 Å². The monoisotopic (exact) mass is 373 g/mol. The third-order valence-electron chi connectivity index (χ3n) is 4.42. The van der Waals surface area contributed by atoms with Crippen LogP contribution in [0.3, 0.4) is 0 Å². The molecule has 6 nitrogen and oxygen atoms in total. The molecule has 1 aliphatic rings. The van der Waals surface area contributed by atoms with Crippen molar-refractivity contribution in [1.29, 1.82) is 0 Å². The largest absolute Gasteiger partial charge is 0.453 e. The number of carbonyl (C=O) groups excluding carboxylic acids is 2. The second-order valence-corrected chi connectivity index (χ2v) is 8.02. The highest BCUT2D eigenvalue weighted by Gasteiger charge is 2.46. The maximum Gasteiger partial charge on any atom is 0.310 e. The van der Waals surface area contributed by atoms with E-state index in [0.717, 1.165) is 6.42 Å². The maximum atomic E-state index is 12.2. The zero-order valence-electron chi connectivity index (χ0n) is 15.1. The summed E-state index contributed by atoms with van der Waals surface area (Å²) in [6.45, 7) is 6.10. The van der Waals surface area contributed by atoms with Crippen molar-refractivity contribution < 1.29 is 14.3 Å². The van der Waals surface area contributed by atoms with Gasteiger partial charge in [-0.15, -0.1) is 11.3 Å². The van der Waals surface area contributed by atoms with Crippen LogP contribution >= 0.6 is 11.3 Å². The lowest BCUT2D eigenvalue weighted by molar-refractivity contribution is -0.150. The van der Waals surface area contributed by atoms with Crippen molar-refractivity contribution in [2.75, 3.05) is 5.43 Å². The number of cyclic esters (lactones) is 1. The summed E-state index contributed by atoms with van der Waals surface area (Å²) in [5.74, 6) is -0.0365. The maximum absolute atomic E-state index is 12.2. The number of thiazole rings is 1. The molecule has 2 atom stereocenters. The SMILES string of the molecule is CC(C)CC1CC(C)(c2csc(NNC(=O)c3ccccc3)n2)OC1=O. The van der Waals surface area contributed by atoms with Gasteiger partial charge >= 0.3 is 5.97 Å². The van der Waals surface area contributed by atoms with Crippen molar-refractivity contribution >= 4 is 28.3 Å². The van der Waals surface area contributed by atoms with E-state index in [1.54, 1.807) is 24.3 Å². The summed E-state index contributed by atoms with van der Waals surface area (Å²) in [6, 6.07) is 8.93. The molecule has 2 N–H and O–H groups in total. The van der Waals surface area contributed by atoms with E-state index in [2.05, 4.69) is 29.7 Å². The van der Waals surface area contributed by atoms with Crippen LogP contribution in [0.1, 0.15) is 49.7 Å². The Morgan fingerprint density at radius 3 is 2.81 bits per heavy atom. The van der Waals surface area contributed by atoms with E-state index >= 15 is 0 Å². The molecular weight excluding hydrogens is 350 g/mol. The van der Waals surface area contributed by atoms with Crippen LogP contribution in [0.5, 0.6) is 0 Å². The zero-order chi connectivity index (χ0) is 18.7. The Bertz CT molecular complexity index is 790. The number of benzene rings is 1. The number of hydrazine groups is 1. The second-order valence-electron chi connectivity index (χ2n) is 7.17. The van der Waals surface area contributed by atoms with Crippen LogP contribution in [0, 0.1) is 11.8 Å². The van der Waals surface area contributed by atoms with Gasteiger partial charge in [-0.25, -0.2) is 4.98 Å². The molecule has 0 bridgehead atoms. The molecular formula is C19H23N3O3S. The average Bonchev–Trinajstić information content (AvgIpc) is 3.19. The first-order valence-electron chi connectivity index (χ1n) is 8.67. The Kier molecular flexibility index (Phi) is 5.27. The van der Waals surface area contributed by atoms with Crippen LogP contribution in [-0.4, -0.2) is 16.9 Å². The summed E-state index contributed by atoms with van der Waals surface area (Å²) in [7, 11) is 0. The fourth-order valence-electron chi connectivity index (χ4n) is 3.15. The molecule has 0 aliphatic carbocycles. The molecule has 138 valence electrons. The molecule has 1 amide bonds. The zero-order valence-corrected chi connectivity index (χ0v) is 15.9. The normalized spacial score (nSPS) is 22.3. The number of hydrogen-bond acceptors (Lipinski definition) is 6. The number of ether oxygens (including phenoxy) is 1. The predicted octanol–water partition coefficient (Wildman–Crippen LogP) is 3.72. The van der Waals surface area contributed by atoms with Crippen LogP contribution in [0.25, 0.3) is 0 Å². The molecule has 26 heavy (non-hydrogen) atoms. The molecule has 2 aromatic rings. The Morgan fingerprint density at radius 2 is 2.12 bits per heavy atom. The third kappa shape index (κ3) is 4.04. The molecule has 1 aromatic heterocycles. The average molecular weight is 373 g/mol. The predicted molar refractivity (Wildman–Crippen MR) is 101 cm³/mol. The number of nitrogens with zero attached hydrogens (tertiary/aromatic N) is 1. The molecule has 0 spiro atoms. The van der Waals surface area contributed by atoms with Crippen molar-refractivity contribution in [3.05, 3.63) is 47.0 Å². The van der Waals surface area contributed by atoms with Gasteiger partial charge in [-0.2, -0.15) is 0 Å². The lowest BCUT2D eigenvalue weighted by atomic mass is 9.88. The molecule has 1 aliphatic heterocycles. The standard InChI is InChI=1S/C19H23N3O3S/c1-12(2)9-14-10-19(3,25-17(14)24)15-11-26-18(20-15)22-21-16(23)13-7-5-4-6-8-13/h4-8,11-12,14H,9-10H2,1-3H3,(H,20,22)(H,21,23). The highest BCUT2D eigenvalue weighted by Crippen LogP contribution is 2.42. The number of carbonyl (C=O) groups is 2. The number of aromatic nitrogens is 1. The fourth-order valence-corrected chi connectivity index (χ4v) is 3.94. The smallest absolute Gasteiger partial charge is 0.310 e. The third-order valence-corrected chi connectivity index (χ3v) is 5.17. The molecule has 0 radical (unpaired) electrons. The van der Waals surface area contributed by atoms with Crippen molar-refractivity contribution in [2.24, 2.45) is 11.8 Å². The summed E-state index contributed by atoms with van der Waals surface area (Å²) in [4.78, 5) is 28.7. The van der Waals surface area contributed by atoms with Gasteiger partial charge in [0.25, 0.3) is 5.91 Å². The summed E-state index contributed by atoms with van der Waals surface area (Å²) in [5.41, 5.74) is 6.01. The quantitative estimate of drug-likeness (QED) is 0.596. The van der Waals surface area contributed by atoms with Gasteiger partial charge in [0.05, 0.1) is 11.6 Å². The van der Waals surface area contributed by atoms with Crippen molar-refractivity contribution in [3.63, 3.8) is 0 Å². The van der Waals surface area contributed by atoms with E-state index in [1.165, 1.54) is 11.3 Å². The van der Waals surface area contributed by atoms with Gasteiger partial charge < -0.3 is 4.74 Å². The van der Waals surface area contributed by atoms with Gasteiger partial charge in [0.1, 0.15) is 0 Å². The van der Waals surface area contributed by atoms with E-state index < -0.39 is 5.60 Å². The highest BCUT2D eigenvalue weighted by molar-refractivity contribution is 7.13. The fraction of sp³-hybridized carbons (Fsp3) is 0.421. The lowest BCUT2D eigenvalue weighted by Crippen LogP contribution is -2.29. The van der Waals surface area contributed by atoms with E-state index in [9.17, 15) is 9.59 Å². The highest BCUT2D eigenvalue weighted by atomic mass is 32.1. The van der Waals surface area contributed by atoms with E-state index in [0.29, 0.717) is 28.7 Å². The first-order chi connectivity index (χ1) is 12.4.